The maximum absolute atomic E-state index is 10.8. The number of hydrogen-bond donors (Lipinski definition) is 1. The van der Waals surface area contributed by atoms with Crippen LogP contribution in [0.1, 0.15) is 18.4 Å². The molecule has 4 nitrogen and oxygen atoms in total. The molecule has 1 aromatic heterocycles. The largest absolute Gasteiger partial charge is 0.481 e. The van der Waals surface area contributed by atoms with E-state index in [-0.39, 0.29) is 0 Å². The second-order valence-electron chi connectivity index (χ2n) is 3.88. The average Bonchev–Trinajstić information content (AvgIpc) is 2.38. The first kappa shape index (κ1) is 12.5. The number of hydrogen-bond acceptors (Lipinski definition) is 3. The van der Waals surface area contributed by atoms with Crippen molar-refractivity contribution in [3.63, 3.8) is 0 Å². The Morgan fingerprint density at radius 1 is 1.28 bits per heavy atom. The van der Waals surface area contributed by atoms with Crippen molar-refractivity contribution in [2.75, 3.05) is 0 Å². The lowest BCUT2D eigenvalue weighted by atomic mass is 10.1. The molecule has 5 heteroatoms. The number of aromatic nitrogens is 2. The third kappa shape index (κ3) is 2.49. The van der Waals surface area contributed by atoms with Gasteiger partial charge in [0.1, 0.15) is 0 Å². The van der Waals surface area contributed by atoms with Crippen LogP contribution in [0.15, 0.2) is 36.7 Å². The van der Waals surface area contributed by atoms with Crippen molar-refractivity contribution in [2.24, 2.45) is 0 Å². The number of aliphatic carboxylic acids is 1. The summed E-state index contributed by atoms with van der Waals surface area (Å²) >= 11 is 6.04. The summed E-state index contributed by atoms with van der Waals surface area (Å²) in [5.41, 5.74) is 1.30. The van der Waals surface area contributed by atoms with Crippen molar-refractivity contribution < 1.29 is 9.90 Å². The number of benzene rings is 1. The number of halogens is 1. The molecule has 0 aliphatic rings. The molecule has 1 unspecified atom stereocenters. The van der Waals surface area contributed by atoms with Crippen LogP contribution in [0.4, 0.5) is 0 Å². The summed E-state index contributed by atoms with van der Waals surface area (Å²) in [5.74, 6) is -1.03. The Labute approximate surface area is 109 Å². The highest BCUT2D eigenvalue weighted by atomic mass is 35.5. The molecule has 0 aliphatic heterocycles. The maximum atomic E-state index is 10.8. The molecule has 0 bridgehead atoms. The zero-order valence-electron chi connectivity index (χ0n) is 9.67. The molecule has 1 N–H and O–H groups in total. The molecule has 1 aromatic carbocycles. The Hall–Kier alpha value is -1.94. The fourth-order valence-electron chi connectivity index (χ4n) is 1.49. The van der Waals surface area contributed by atoms with E-state index in [0.717, 1.165) is 5.56 Å². The van der Waals surface area contributed by atoms with E-state index in [9.17, 15) is 4.79 Å². The summed E-state index contributed by atoms with van der Waals surface area (Å²) in [6.45, 7) is 1.59. The first-order valence-electron chi connectivity index (χ1n) is 5.39. The van der Waals surface area contributed by atoms with Crippen molar-refractivity contribution >= 4 is 17.6 Å². The van der Waals surface area contributed by atoms with E-state index in [1.54, 1.807) is 13.0 Å². The van der Waals surface area contributed by atoms with Gasteiger partial charge in [0.15, 0.2) is 5.82 Å². The molecule has 0 spiro atoms. The van der Waals surface area contributed by atoms with Crippen molar-refractivity contribution in [1.82, 2.24) is 9.97 Å². The minimum Gasteiger partial charge on any atom is -0.481 e. The van der Waals surface area contributed by atoms with E-state index >= 15 is 0 Å². The summed E-state index contributed by atoms with van der Waals surface area (Å²) < 4.78 is 0. The Morgan fingerprint density at radius 3 is 2.44 bits per heavy atom. The second-order valence-corrected chi connectivity index (χ2v) is 4.29. The first-order valence-corrected chi connectivity index (χ1v) is 5.77. The minimum absolute atomic E-state index is 0.488. The Bertz CT molecular complexity index is 569. The molecule has 1 heterocycles. The molecule has 0 aliphatic carbocycles. The lowest BCUT2D eigenvalue weighted by Crippen LogP contribution is -2.08. The van der Waals surface area contributed by atoms with Crippen LogP contribution in [-0.4, -0.2) is 21.0 Å². The van der Waals surface area contributed by atoms with Crippen LogP contribution < -0.4 is 0 Å². The summed E-state index contributed by atoms with van der Waals surface area (Å²) in [6.07, 6.45) is 3.04. The zero-order chi connectivity index (χ0) is 13.1. The molecular formula is C13H11ClN2O2. The molecule has 18 heavy (non-hydrogen) atoms. The maximum Gasteiger partial charge on any atom is 0.310 e. The first-order chi connectivity index (χ1) is 8.59. The normalized spacial score (nSPS) is 12.1. The predicted octanol–water partition coefficient (Wildman–Crippen LogP) is 2.99. The zero-order valence-corrected chi connectivity index (χ0v) is 10.4. The van der Waals surface area contributed by atoms with Crippen LogP contribution in [0.5, 0.6) is 0 Å². The van der Waals surface area contributed by atoms with Crippen LogP contribution in [0.3, 0.4) is 0 Å². The Balaban J connectivity index is 2.34. The van der Waals surface area contributed by atoms with Crippen LogP contribution >= 0.6 is 11.6 Å². The van der Waals surface area contributed by atoms with Crippen LogP contribution in [0.2, 0.25) is 5.02 Å². The van der Waals surface area contributed by atoms with E-state index in [1.807, 2.05) is 18.2 Å². The highest BCUT2D eigenvalue weighted by Gasteiger charge is 2.15. The molecular weight excluding hydrogens is 252 g/mol. The van der Waals surface area contributed by atoms with Crippen LogP contribution in [-0.2, 0) is 4.79 Å². The number of rotatable bonds is 3. The fourth-order valence-corrected chi connectivity index (χ4v) is 1.71. The van der Waals surface area contributed by atoms with Crippen LogP contribution in [0.25, 0.3) is 11.4 Å². The highest BCUT2D eigenvalue weighted by molar-refractivity contribution is 6.33. The summed E-state index contributed by atoms with van der Waals surface area (Å²) in [7, 11) is 0. The Kier molecular flexibility index (Phi) is 3.58. The third-order valence-corrected chi connectivity index (χ3v) is 2.99. The van der Waals surface area contributed by atoms with Crippen molar-refractivity contribution in [2.45, 2.75) is 12.8 Å². The molecule has 0 amide bonds. The molecule has 92 valence electrons. The van der Waals surface area contributed by atoms with E-state index in [2.05, 4.69) is 9.97 Å². The summed E-state index contributed by atoms with van der Waals surface area (Å²) in [4.78, 5) is 19.1. The van der Waals surface area contributed by atoms with Gasteiger partial charge in [-0.15, -0.1) is 0 Å². The molecule has 2 rings (SSSR count). The second kappa shape index (κ2) is 5.14. The molecule has 2 aromatic rings. The van der Waals surface area contributed by atoms with Gasteiger partial charge in [-0.05, 0) is 19.1 Å². The van der Waals surface area contributed by atoms with Gasteiger partial charge in [-0.3, -0.25) is 4.79 Å². The highest BCUT2D eigenvalue weighted by Crippen LogP contribution is 2.24. The van der Waals surface area contributed by atoms with E-state index < -0.39 is 11.9 Å². The van der Waals surface area contributed by atoms with Crippen molar-refractivity contribution in [3.8, 4) is 11.4 Å². The average molecular weight is 263 g/mol. The van der Waals surface area contributed by atoms with E-state index in [4.69, 9.17) is 16.7 Å². The molecule has 0 radical (unpaired) electrons. The molecule has 0 saturated heterocycles. The molecule has 1 atom stereocenters. The fraction of sp³-hybridized carbons (Fsp3) is 0.154. The molecule has 0 saturated carbocycles. The minimum atomic E-state index is -0.899. The standard InChI is InChI=1S/C13H11ClN2O2/c1-8(13(17)18)9-6-15-12(16-7-9)10-4-2-3-5-11(10)14/h2-8H,1H3,(H,17,18). The lowest BCUT2D eigenvalue weighted by molar-refractivity contribution is -0.138. The quantitative estimate of drug-likeness (QED) is 0.924. The number of nitrogens with zero attached hydrogens (tertiary/aromatic N) is 2. The Morgan fingerprint density at radius 2 is 1.89 bits per heavy atom. The van der Waals surface area contributed by atoms with E-state index in [0.29, 0.717) is 16.4 Å². The van der Waals surface area contributed by atoms with Crippen molar-refractivity contribution in [3.05, 3.63) is 47.2 Å². The predicted molar refractivity (Wildman–Crippen MR) is 68.5 cm³/mol. The van der Waals surface area contributed by atoms with Gasteiger partial charge >= 0.3 is 5.97 Å². The van der Waals surface area contributed by atoms with Gasteiger partial charge in [-0.2, -0.15) is 0 Å². The third-order valence-electron chi connectivity index (χ3n) is 2.66. The van der Waals surface area contributed by atoms with Crippen molar-refractivity contribution in [1.29, 1.82) is 0 Å². The monoisotopic (exact) mass is 262 g/mol. The SMILES string of the molecule is CC(C(=O)O)c1cnc(-c2ccccc2Cl)nc1. The molecule has 0 fully saturated rings. The van der Waals surface area contributed by atoms with E-state index in [1.165, 1.54) is 12.4 Å². The van der Waals surface area contributed by atoms with Gasteiger partial charge < -0.3 is 5.11 Å². The van der Waals surface area contributed by atoms with Gasteiger partial charge in [-0.25, -0.2) is 9.97 Å². The lowest BCUT2D eigenvalue weighted by Gasteiger charge is -2.07. The number of carbonyl (C=O) groups is 1. The van der Waals surface area contributed by atoms with Crippen LogP contribution in [0, 0.1) is 0 Å². The van der Waals surface area contributed by atoms with Gasteiger partial charge in [0.05, 0.1) is 10.9 Å². The van der Waals surface area contributed by atoms with Gasteiger partial charge in [0.2, 0.25) is 0 Å². The summed E-state index contributed by atoms with van der Waals surface area (Å²) in [5, 5.41) is 9.46. The van der Waals surface area contributed by atoms with Gasteiger partial charge in [0, 0.05) is 23.5 Å². The topological polar surface area (TPSA) is 63.1 Å². The number of carboxylic acids is 1. The number of carboxylic acid groups (broad SMARTS) is 1. The van der Waals surface area contributed by atoms with Gasteiger partial charge in [-0.1, -0.05) is 23.7 Å². The summed E-state index contributed by atoms with van der Waals surface area (Å²) in [6, 6.07) is 7.25. The smallest absolute Gasteiger partial charge is 0.310 e. The van der Waals surface area contributed by atoms with Gasteiger partial charge in [0.25, 0.3) is 0 Å².